The van der Waals surface area contributed by atoms with Crippen molar-refractivity contribution in [2.45, 2.75) is 37.9 Å². The van der Waals surface area contributed by atoms with E-state index in [2.05, 4.69) is 15.3 Å². The number of para-hydroxylation sites is 1. The molecule has 4 N–H and O–H groups in total. The number of nitrogens with one attached hydrogen (secondary N) is 1. The number of hydrogen-bond acceptors (Lipinski definition) is 6. The molecule has 0 unspecified atom stereocenters. The minimum atomic E-state index is -5.08. The number of carbonyl (C=O) groups excluding carboxylic acids is 1. The number of amides is 1. The molecule has 0 bridgehead atoms. The molecular formula is C19H24F3N5O3. The number of benzene rings is 1. The van der Waals surface area contributed by atoms with Crippen molar-refractivity contribution < 1.29 is 27.9 Å². The summed E-state index contributed by atoms with van der Waals surface area (Å²) < 4.78 is 31.7. The van der Waals surface area contributed by atoms with E-state index in [1.54, 1.807) is 0 Å². The van der Waals surface area contributed by atoms with Gasteiger partial charge in [-0.3, -0.25) is 4.79 Å². The Morgan fingerprint density at radius 3 is 2.20 bits per heavy atom. The number of nitrogens with two attached hydrogens (primary N) is 1. The number of hydrogen-bond donors (Lipinski definition) is 3. The zero-order valence-electron chi connectivity index (χ0n) is 16.6. The Kier molecular flexibility index (Phi) is 7.41. The number of aliphatic carboxylic acids is 1. The van der Waals surface area contributed by atoms with Crippen LogP contribution in [0, 0.1) is 5.92 Å². The van der Waals surface area contributed by atoms with Crippen LogP contribution in [0.5, 0.6) is 0 Å². The SMILES string of the molecule is CN(C)c1nc(NC2CCC(C(N)=O)CC2)nc2ccccc12.O=C(O)C(F)(F)F. The van der Waals surface area contributed by atoms with Gasteiger partial charge >= 0.3 is 12.1 Å². The lowest BCUT2D eigenvalue weighted by molar-refractivity contribution is -0.192. The van der Waals surface area contributed by atoms with Gasteiger partial charge in [0, 0.05) is 31.4 Å². The van der Waals surface area contributed by atoms with Gasteiger partial charge in [0.25, 0.3) is 0 Å². The summed E-state index contributed by atoms with van der Waals surface area (Å²) in [6.45, 7) is 0. The molecule has 164 valence electrons. The van der Waals surface area contributed by atoms with E-state index in [1.807, 2.05) is 43.3 Å². The number of anilines is 2. The van der Waals surface area contributed by atoms with Crippen molar-refractivity contribution >= 4 is 34.5 Å². The monoisotopic (exact) mass is 427 g/mol. The third-order valence-corrected chi connectivity index (χ3v) is 4.71. The Morgan fingerprint density at radius 1 is 1.13 bits per heavy atom. The minimum Gasteiger partial charge on any atom is -0.475 e. The van der Waals surface area contributed by atoms with Gasteiger partial charge in [0.05, 0.1) is 5.52 Å². The summed E-state index contributed by atoms with van der Waals surface area (Å²) in [6.07, 6.45) is -1.58. The highest BCUT2D eigenvalue weighted by Crippen LogP contribution is 2.28. The maximum absolute atomic E-state index is 11.3. The van der Waals surface area contributed by atoms with E-state index >= 15 is 0 Å². The van der Waals surface area contributed by atoms with Gasteiger partial charge in [0.2, 0.25) is 11.9 Å². The molecule has 1 aliphatic rings. The van der Waals surface area contributed by atoms with Crippen LogP contribution in [0.1, 0.15) is 25.7 Å². The molecule has 0 radical (unpaired) electrons. The Hall–Kier alpha value is -3.11. The molecule has 0 spiro atoms. The molecule has 11 heteroatoms. The van der Waals surface area contributed by atoms with Gasteiger partial charge in [-0.2, -0.15) is 18.2 Å². The van der Waals surface area contributed by atoms with E-state index in [0.29, 0.717) is 12.0 Å². The Morgan fingerprint density at radius 2 is 1.70 bits per heavy atom. The van der Waals surface area contributed by atoms with Crippen molar-refractivity contribution in [1.82, 2.24) is 9.97 Å². The predicted molar refractivity (Wildman–Crippen MR) is 106 cm³/mol. The van der Waals surface area contributed by atoms with Crippen LogP contribution in [0.2, 0.25) is 0 Å². The maximum atomic E-state index is 11.3. The summed E-state index contributed by atoms with van der Waals surface area (Å²) in [5.74, 6) is -1.37. The summed E-state index contributed by atoms with van der Waals surface area (Å²) in [6, 6.07) is 8.31. The number of halogens is 3. The third kappa shape index (κ3) is 6.19. The van der Waals surface area contributed by atoms with Crippen LogP contribution in [0.3, 0.4) is 0 Å². The molecule has 1 heterocycles. The number of nitrogens with zero attached hydrogens (tertiary/aromatic N) is 3. The van der Waals surface area contributed by atoms with Crippen LogP contribution in [0.4, 0.5) is 24.9 Å². The number of rotatable bonds is 4. The van der Waals surface area contributed by atoms with Crippen LogP contribution in [-0.2, 0) is 9.59 Å². The van der Waals surface area contributed by atoms with Crippen LogP contribution in [0.25, 0.3) is 10.9 Å². The van der Waals surface area contributed by atoms with Crippen molar-refractivity contribution in [3.63, 3.8) is 0 Å². The normalized spacial score (nSPS) is 18.8. The van der Waals surface area contributed by atoms with Gasteiger partial charge in [0.15, 0.2) is 0 Å². The fraction of sp³-hybridized carbons (Fsp3) is 0.474. The topological polar surface area (TPSA) is 121 Å². The summed E-state index contributed by atoms with van der Waals surface area (Å²) >= 11 is 0. The van der Waals surface area contributed by atoms with Crippen molar-refractivity contribution in [1.29, 1.82) is 0 Å². The minimum absolute atomic E-state index is 0.0166. The zero-order chi connectivity index (χ0) is 22.5. The highest BCUT2D eigenvalue weighted by molar-refractivity contribution is 5.90. The van der Waals surface area contributed by atoms with Crippen molar-refractivity contribution in [3.8, 4) is 0 Å². The van der Waals surface area contributed by atoms with E-state index in [1.165, 1.54) is 0 Å². The Bertz CT molecular complexity index is 897. The molecule has 0 saturated heterocycles. The van der Waals surface area contributed by atoms with Crippen LogP contribution in [-0.4, -0.2) is 53.3 Å². The number of carboxylic acids is 1. The van der Waals surface area contributed by atoms with Gasteiger partial charge in [-0.1, -0.05) is 12.1 Å². The zero-order valence-corrected chi connectivity index (χ0v) is 16.6. The van der Waals surface area contributed by atoms with Gasteiger partial charge in [-0.05, 0) is 37.8 Å². The lowest BCUT2D eigenvalue weighted by Gasteiger charge is -2.27. The first-order valence-corrected chi connectivity index (χ1v) is 9.29. The number of alkyl halides is 3. The number of carbonyl (C=O) groups is 2. The largest absolute Gasteiger partial charge is 0.490 e. The fourth-order valence-electron chi connectivity index (χ4n) is 3.17. The average molecular weight is 427 g/mol. The number of aromatic nitrogens is 2. The number of fused-ring (bicyclic) bond motifs is 1. The summed E-state index contributed by atoms with van der Waals surface area (Å²) in [5.41, 5.74) is 6.32. The molecule has 1 fully saturated rings. The van der Waals surface area contributed by atoms with Gasteiger partial charge in [-0.25, -0.2) is 9.78 Å². The van der Waals surface area contributed by atoms with E-state index in [4.69, 9.17) is 15.6 Å². The quantitative estimate of drug-likeness (QED) is 0.686. The number of primary amides is 1. The highest BCUT2D eigenvalue weighted by atomic mass is 19.4. The summed E-state index contributed by atoms with van der Waals surface area (Å²) in [5, 5.41) is 11.6. The van der Waals surface area contributed by atoms with Gasteiger partial charge in [-0.15, -0.1) is 0 Å². The molecule has 8 nitrogen and oxygen atoms in total. The summed E-state index contributed by atoms with van der Waals surface area (Å²) in [4.78, 5) is 31.4. The molecule has 1 aromatic carbocycles. The second kappa shape index (κ2) is 9.59. The summed E-state index contributed by atoms with van der Waals surface area (Å²) in [7, 11) is 3.97. The van der Waals surface area contributed by atoms with Crippen LogP contribution < -0.4 is 16.0 Å². The fourth-order valence-corrected chi connectivity index (χ4v) is 3.17. The first-order chi connectivity index (χ1) is 14.0. The molecule has 0 aliphatic heterocycles. The van der Waals surface area contributed by atoms with Crippen molar-refractivity contribution in [2.24, 2.45) is 11.7 Å². The standard InChI is InChI=1S/C17H23N5O.C2HF3O2/c1-22(2)16-13-5-3-4-6-14(13)20-17(21-16)19-12-9-7-11(8-10-12)15(18)23;3-2(4,5)1(6)7/h3-6,11-12H,7-10H2,1-2H3,(H2,18,23)(H,19,20,21);(H,6,7). The third-order valence-electron chi connectivity index (χ3n) is 4.71. The second-order valence-electron chi connectivity index (χ2n) is 7.18. The van der Waals surface area contributed by atoms with E-state index in [-0.39, 0.29) is 11.8 Å². The van der Waals surface area contributed by atoms with Crippen molar-refractivity contribution in [3.05, 3.63) is 24.3 Å². The molecule has 0 atom stereocenters. The molecular weight excluding hydrogens is 403 g/mol. The van der Waals surface area contributed by atoms with E-state index in [9.17, 15) is 18.0 Å². The highest BCUT2D eigenvalue weighted by Gasteiger charge is 2.38. The lowest BCUT2D eigenvalue weighted by atomic mass is 9.86. The first-order valence-electron chi connectivity index (χ1n) is 9.29. The van der Waals surface area contributed by atoms with Crippen molar-refractivity contribution in [2.75, 3.05) is 24.3 Å². The smallest absolute Gasteiger partial charge is 0.475 e. The molecule has 30 heavy (non-hydrogen) atoms. The van der Waals surface area contributed by atoms with Crippen LogP contribution in [0.15, 0.2) is 24.3 Å². The molecule has 1 aliphatic carbocycles. The van der Waals surface area contributed by atoms with E-state index in [0.717, 1.165) is 42.4 Å². The lowest BCUT2D eigenvalue weighted by Crippen LogP contribution is -2.33. The second-order valence-corrected chi connectivity index (χ2v) is 7.18. The van der Waals surface area contributed by atoms with Crippen LogP contribution >= 0.6 is 0 Å². The molecule has 2 aromatic rings. The molecule has 3 rings (SSSR count). The predicted octanol–water partition coefficient (Wildman–Crippen LogP) is 2.79. The van der Waals surface area contributed by atoms with Gasteiger partial charge in [0.1, 0.15) is 5.82 Å². The maximum Gasteiger partial charge on any atom is 0.490 e. The molecule has 1 aromatic heterocycles. The van der Waals surface area contributed by atoms with E-state index < -0.39 is 12.1 Å². The molecule has 1 amide bonds. The van der Waals surface area contributed by atoms with Gasteiger partial charge < -0.3 is 21.1 Å². The number of carboxylic acid groups (broad SMARTS) is 1. The Labute approximate surface area is 171 Å². The average Bonchev–Trinajstić information content (AvgIpc) is 2.67. The molecule has 1 saturated carbocycles. The Balaban J connectivity index is 0.000000396. The first kappa shape index (κ1) is 23.2.